The smallest absolute Gasteiger partial charge is 0.240 e. The molecule has 20 heavy (non-hydrogen) atoms. The van der Waals surface area contributed by atoms with Gasteiger partial charge in [0.2, 0.25) is 5.89 Å². The summed E-state index contributed by atoms with van der Waals surface area (Å²) in [4.78, 5) is 4.29. The van der Waals surface area contributed by atoms with Gasteiger partial charge in [0.25, 0.3) is 0 Å². The Morgan fingerprint density at radius 3 is 3.05 bits per heavy atom. The van der Waals surface area contributed by atoms with Crippen LogP contribution in [0.4, 0.5) is 0 Å². The summed E-state index contributed by atoms with van der Waals surface area (Å²) < 4.78 is 12.1. The minimum Gasteiger partial charge on any atom is -0.384 e. The van der Waals surface area contributed by atoms with E-state index in [0.29, 0.717) is 31.3 Å². The van der Waals surface area contributed by atoms with Crippen LogP contribution < -0.4 is 5.32 Å². The van der Waals surface area contributed by atoms with Crippen LogP contribution in [0.15, 0.2) is 16.9 Å². The minimum atomic E-state index is 0.267. The van der Waals surface area contributed by atoms with E-state index in [1.165, 1.54) is 0 Å². The van der Waals surface area contributed by atoms with Gasteiger partial charge in [0.05, 0.1) is 25.9 Å². The number of rotatable bonds is 8. The van der Waals surface area contributed by atoms with Crippen molar-refractivity contribution in [2.24, 2.45) is 0 Å². The number of hydrogen-bond donors (Lipinski definition) is 1. The topological polar surface area (TPSA) is 78.0 Å². The maximum Gasteiger partial charge on any atom is 0.240 e. The molecule has 0 aliphatic carbocycles. The molecule has 0 aliphatic rings. The molecule has 7 heteroatoms. The molecule has 0 bridgehead atoms. The molecule has 110 valence electrons. The molecule has 2 aromatic rings. The highest BCUT2D eigenvalue weighted by Crippen LogP contribution is 2.00. The highest BCUT2D eigenvalue weighted by atomic mass is 16.5. The Kier molecular flexibility index (Phi) is 5.25. The normalized spacial score (nSPS) is 12.8. The first kappa shape index (κ1) is 14.7. The molecular formula is C13H21N5O2. The van der Waals surface area contributed by atoms with Gasteiger partial charge in [0, 0.05) is 25.8 Å². The van der Waals surface area contributed by atoms with Crippen LogP contribution in [0.2, 0.25) is 0 Å². The van der Waals surface area contributed by atoms with Crippen molar-refractivity contribution in [3.05, 3.63) is 29.7 Å². The lowest BCUT2D eigenvalue weighted by atomic mass is 10.3. The maximum absolute atomic E-state index is 5.16. The zero-order valence-corrected chi connectivity index (χ0v) is 12.2. The molecule has 0 saturated heterocycles. The van der Waals surface area contributed by atoms with Gasteiger partial charge in [-0.1, -0.05) is 5.16 Å². The monoisotopic (exact) mass is 279 g/mol. The van der Waals surface area contributed by atoms with Crippen molar-refractivity contribution in [3.63, 3.8) is 0 Å². The summed E-state index contributed by atoms with van der Waals surface area (Å²) in [6.45, 7) is 6.09. The molecule has 0 aromatic carbocycles. The van der Waals surface area contributed by atoms with E-state index in [9.17, 15) is 0 Å². The fraction of sp³-hybridized carbons (Fsp3) is 0.615. The van der Waals surface area contributed by atoms with Gasteiger partial charge in [-0.15, -0.1) is 0 Å². The van der Waals surface area contributed by atoms with E-state index in [-0.39, 0.29) is 6.04 Å². The number of ether oxygens (including phenoxy) is 1. The fourth-order valence-electron chi connectivity index (χ4n) is 1.83. The van der Waals surface area contributed by atoms with E-state index < -0.39 is 0 Å². The first-order valence-corrected chi connectivity index (χ1v) is 6.70. The second kappa shape index (κ2) is 7.16. The average Bonchev–Trinajstić information content (AvgIpc) is 3.03. The molecule has 7 nitrogen and oxygen atoms in total. The zero-order chi connectivity index (χ0) is 14.4. The van der Waals surface area contributed by atoms with Crippen LogP contribution in [0.25, 0.3) is 0 Å². The lowest BCUT2D eigenvalue weighted by Gasteiger charge is -2.11. The summed E-state index contributed by atoms with van der Waals surface area (Å²) >= 11 is 0. The van der Waals surface area contributed by atoms with Gasteiger partial charge >= 0.3 is 0 Å². The number of aromatic nitrogens is 4. The van der Waals surface area contributed by atoms with Crippen LogP contribution >= 0.6 is 0 Å². The molecule has 2 aromatic heterocycles. The SMILES string of the molecule is COCCc1noc(CN[C@@H](C)Cn2cc(C)cn2)n1. The second-order valence-corrected chi connectivity index (χ2v) is 4.87. The summed E-state index contributed by atoms with van der Waals surface area (Å²) in [5.41, 5.74) is 1.16. The first-order chi connectivity index (χ1) is 9.67. The van der Waals surface area contributed by atoms with E-state index in [4.69, 9.17) is 9.26 Å². The second-order valence-electron chi connectivity index (χ2n) is 4.87. The van der Waals surface area contributed by atoms with Gasteiger partial charge in [-0.3, -0.25) is 4.68 Å². The molecule has 0 fully saturated rings. The quantitative estimate of drug-likeness (QED) is 0.775. The van der Waals surface area contributed by atoms with Gasteiger partial charge < -0.3 is 14.6 Å². The summed E-state index contributed by atoms with van der Waals surface area (Å²) in [6.07, 6.45) is 4.54. The Morgan fingerprint density at radius 2 is 2.35 bits per heavy atom. The van der Waals surface area contributed by atoms with E-state index in [2.05, 4.69) is 27.5 Å². The Labute approximate surface area is 118 Å². The van der Waals surface area contributed by atoms with Crippen molar-refractivity contribution in [1.82, 2.24) is 25.2 Å². The molecule has 1 N–H and O–H groups in total. The largest absolute Gasteiger partial charge is 0.384 e. The van der Waals surface area contributed by atoms with E-state index in [0.717, 1.165) is 12.1 Å². The van der Waals surface area contributed by atoms with Crippen molar-refractivity contribution in [3.8, 4) is 0 Å². The lowest BCUT2D eigenvalue weighted by molar-refractivity contribution is 0.199. The maximum atomic E-state index is 5.16. The van der Waals surface area contributed by atoms with Gasteiger partial charge in [-0.25, -0.2) is 0 Å². The molecule has 0 spiro atoms. The molecule has 0 aliphatic heterocycles. The third kappa shape index (κ3) is 4.43. The van der Waals surface area contributed by atoms with E-state index >= 15 is 0 Å². The standard InChI is InChI=1S/C13H21N5O2/c1-10-6-15-18(8-10)9-11(2)14-7-13-16-12(17-20-13)4-5-19-3/h6,8,11,14H,4-5,7,9H2,1-3H3/t11-/m0/s1. The van der Waals surface area contributed by atoms with Crippen molar-refractivity contribution in [2.45, 2.75) is 39.4 Å². The fourth-order valence-corrected chi connectivity index (χ4v) is 1.83. The van der Waals surface area contributed by atoms with Crippen LogP contribution in [0.1, 0.15) is 24.2 Å². The van der Waals surface area contributed by atoms with Crippen molar-refractivity contribution in [2.75, 3.05) is 13.7 Å². The van der Waals surface area contributed by atoms with Gasteiger partial charge in [0.15, 0.2) is 5.82 Å². The number of aryl methyl sites for hydroxylation is 1. The average molecular weight is 279 g/mol. The molecule has 0 radical (unpaired) electrons. The highest BCUT2D eigenvalue weighted by Gasteiger charge is 2.08. The highest BCUT2D eigenvalue weighted by molar-refractivity contribution is 4.99. The summed E-state index contributed by atoms with van der Waals surface area (Å²) in [5, 5.41) is 11.5. The predicted octanol–water partition coefficient (Wildman–Crippen LogP) is 0.942. The molecule has 0 amide bonds. The third-order valence-electron chi connectivity index (χ3n) is 2.86. The summed E-state index contributed by atoms with van der Waals surface area (Å²) in [7, 11) is 1.65. The Morgan fingerprint density at radius 1 is 1.50 bits per heavy atom. The van der Waals surface area contributed by atoms with Gasteiger partial charge in [-0.2, -0.15) is 10.1 Å². The molecule has 2 heterocycles. The molecular weight excluding hydrogens is 258 g/mol. The number of nitrogens with one attached hydrogen (secondary N) is 1. The van der Waals surface area contributed by atoms with E-state index in [1.54, 1.807) is 7.11 Å². The molecule has 0 saturated carbocycles. The lowest BCUT2D eigenvalue weighted by Crippen LogP contribution is -2.30. The number of methoxy groups -OCH3 is 1. The van der Waals surface area contributed by atoms with Crippen molar-refractivity contribution >= 4 is 0 Å². The third-order valence-corrected chi connectivity index (χ3v) is 2.86. The zero-order valence-electron chi connectivity index (χ0n) is 12.2. The van der Waals surface area contributed by atoms with Crippen LogP contribution in [-0.2, 0) is 24.2 Å². The minimum absolute atomic E-state index is 0.267. The summed E-state index contributed by atoms with van der Waals surface area (Å²) in [6, 6.07) is 0.267. The van der Waals surface area contributed by atoms with Gasteiger partial charge in [0.1, 0.15) is 0 Å². The van der Waals surface area contributed by atoms with Crippen molar-refractivity contribution < 1.29 is 9.26 Å². The molecule has 1 atom stereocenters. The number of nitrogens with zero attached hydrogens (tertiary/aromatic N) is 4. The van der Waals surface area contributed by atoms with E-state index in [1.807, 2.05) is 24.0 Å². The molecule has 2 rings (SSSR count). The Balaban J connectivity index is 1.75. The predicted molar refractivity (Wildman–Crippen MR) is 73.1 cm³/mol. The van der Waals surface area contributed by atoms with Gasteiger partial charge in [-0.05, 0) is 19.4 Å². The van der Waals surface area contributed by atoms with Crippen molar-refractivity contribution in [1.29, 1.82) is 0 Å². The molecule has 0 unspecified atom stereocenters. The first-order valence-electron chi connectivity index (χ1n) is 6.70. The van der Waals surface area contributed by atoms with Crippen LogP contribution in [0, 0.1) is 6.92 Å². The Bertz CT molecular complexity index is 522. The Hall–Kier alpha value is -1.73. The summed E-state index contributed by atoms with van der Waals surface area (Å²) in [5.74, 6) is 1.28. The van der Waals surface area contributed by atoms with Crippen LogP contribution in [0.3, 0.4) is 0 Å². The van der Waals surface area contributed by atoms with Crippen LogP contribution in [0.5, 0.6) is 0 Å². The van der Waals surface area contributed by atoms with Crippen LogP contribution in [-0.4, -0.2) is 39.7 Å². The number of hydrogen-bond acceptors (Lipinski definition) is 6.